The quantitative estimate of drug-likeness (QED) is 0.549. The summed E-state index contributed by atoms with van der Waals surface area (Å²) < 4.78 is 0. The first-order valence-electron chi connectivity index (χ1n) is 7.07. The Morgan fingerprint density at radius 3 is 0.722 bits per heavy atom. The predicted octanol–water partition coefficient (Wildman–Crippen LogP) is 4.85. The van der Waals surface area contributed by atoms with Crippen LogP contribution in [0.25, 0.3) is 0 Å². The maximum absolute atomic E-state index is 2.95. The number of fused-ring (bicyclic) bond motifs is 1. The van der Waals surface area contributed by atoms with Crippen LogP contribution in [0.2, 0.25) is 65.5 Å². The molecule has 0 radical (unpaired) electrons. The summed E-state index contributed by atoms with van der Waals surface area (Å²) in [5, 5.41) is 0. The van der Waals surface area contributed by atoms with E-state index < -0.39 is 40.2 Å². The largest absolute Gasteiger partial charge is 0.213 e. The van der Waals surface area contributed by atoms with Gasteiger partial charge in [0.25, 0.3) is 0 Å². The normalized spacial score (nSPS) is 47.0. The third kappa shape index (κ3) is 1.49. The van der Waals surface area contributed by atoms with Gasteiger partial charge in [0.15, 0.2) is 0 Å². The fourth-order valence-corrected chi connectivity index (χ4v) is 378. The lowest BCUT2D eigenvalue weighted by molar-refractivity contribution is 1.91. The Balaban J connectivity index is 2.80. The summed E-state index contributed by atoms with van der Waals surface area (Å²) in [6.07, 6.45) is 0. The maximum atomic E-state index is 2.95. The predicted molar refractivity (Wildman–Crippen MR) is 108 cm³/mol. The van der Waals surface area contributed by atoms with E-state index in [0.29, 0.717) is 0 Å². The van der Waals surface area contributed by atoms with Crippen molar-refractivity contribution in [3.63, 3.8) is 0 Å². The van der Waals surface area contributed by atoms with Gasteiger partial charge in [-0.25, -0.2) is 21.3 Å². The van der Waals surface area contributed by atoms with Crippen molar-refractivity contribution < 1.29 is 0 Å². The van der Waals surface area contributed by atoms with Crippen LogP contribution < -0.4 is 0 Å². The first kappa shape index (κ1) is 16.4. The van der Waals surface area contributed by atoms with E-state index >= 15 is 0 Å². The van der Waals surface area contributed by atoms with Gasteiger partial charge in [0.05, 0.1) is 40.2 Å². The van der Waals surface area contributed by atoms with Gasteiger partial charge in [0.1, 0.15) is 0 Å². The zero-order valence-electron chi connectivity index (χ0n) is 13.8. The number of hydrogen-bond acceptors (Lipinski definition) is 2. The monoisotopic (exact) mass is 382 g/mol. The van der Waals surface area contributed by atoms with Crippen LogP contribution in [0.15, 0.2) is 0 Å². The summed E-state index contributed by atoms with van der Waals surface area (Å²) in [7, 11) is 5.35. The highest BCUT2D eigenvalue weighted by Crippen LogP contribution is 2.67. The Bertz CT molecular complexity index is 337. The molecular formula is C10H30S2Si6. The number of hydrogen-bond donors (Lipinski definition) is 0. The van der Waals surface area contributed by atoms with E-state index in [-0.39, 0.29) is 0 Å². The van der Waals surface area contributed by atoms with Gasteiger partial charge < -0.3 is 0 Å². The van der Waals surface area contributed by atoms with Crippen molar-refractivity contribution in [2.24, 2.45) is 0 Å². The Kier molecular flexibility index (Phi) is 3.50. The van der Waals surface area contributed by atoms with Crippen LogP contribution in [0.5, 0.6) is 0 Å². The summed E-state index contributed by atoms with van der Waals surface area (Å²) in [4.78, 5) is 0. The van der Waals surface area contributed by atoms with Crippen molar-refractivity contribution >= 4 is 61.5 Å². The average molecular weight is 383 g/mol. The van der Waals surface area contributed by atoms with Gasteiger partial charge in [-0.3, -0.25) is 0 Å². The first-order chi connectivity index (χ1) is 7.66. The molecule has 8 heteroatoms. The second-order valence-electron chi connectivity index (χ2n) is 8.50. The molecule has 2 aliphatic heterocycles. The third-order valence-electron chi connectivity index (χ3n) is 6.84. The van der Waals surface area contributed by atoms with E-state index in [9.17, 15) is 0 Å². The first-order valence-corrected chi connectivity index (χ1v) is 33.6. The minimum atomic E-state index is -0.972. The molecule has 2 saturated heterocycles. The molecule has 106 valence electrons. The molecule has 0 aromatic rings. The second-order valence-corrected chi connectivity index (χ2v) is 89.0. The smallest absolute Gasteiger partial charge is 0.0910 e. The maximum Gasteiger partial charge on any atom is 0.0910 e. The topological polar surface area (TPSA) is 0 Å². The van der Waals surface area contributed by atoms with E-state index in [0.717, 1.165) is 0 Å². The third-order valence-corrected chi connectivity index (χ3v) is 191. The van der Waals surface area contributed by atoms with Crippen molar-refractivity contribution in [2.45, 2.75) is 65.5 Å². The van der Waals surface area contributed by atoms with Crippen molar-refractivity contribution in [3.05, 3.63) is 0 Å². The molecule has 2 heterocycles. The minimum absolute atomic E-state index is 0.937. The molecule has 0 spiro atoms. The lowest BCUT2D eigenvalue weighted by atomic mass is 11.9. The molecule has 18 heavy (non-hydrogen) atoms. The van der Waals surface area contributed by atoms with E-state index in [1.54, 1.807) is 0 Å². The van der Waals surface area contributed by atoms with Crippen LogP contribution in [0, 0.1) is 0 Å². The Morgan fingerprint density at radius 1 is 0.389 bits per heavy atom. The Morgan fingerprint density at radius 2 is 0.556 bits per heavy atom. The molecule has 2 fully saturated rings. The van der Waals surface area contributed by atoms with E-state index in [2.05, 4.69) is 86.8 Å². The molecular weight excluding hydrogens is 353 g/mol. The summed E-state index contributed by atoms with van der Waals surface area (Å²) in [5.74, 6) is 0. The lowest BCUT2D eigenvalue weighted by Crippen LogP contribution is -2.83. The molecule has 0 aliphatic carbocycles. The SMILES string of the molecule is C[Si]1(C)S[Si](C)(C)[Si]2(C)[Si](C)(C)S[Si](C)(C)[Si]12C. The Labute approximate surface area is 126 Å². The van der Waals surface area contributed by atoms with Crippen LogP contribution in [0.1, 0.15) is 0 Å². The molecule has 0 saturated carbocycles. The van der Waals surface area contributed by atoms with Gasteiger partial charge in [-0.1, -0.05) is 65.5 Å². The lowest BCUT2D eigenvalue weighted by Gasteiger charge is -2.49. The molecule has 0 N–H and O–H groups in total. The van der Waals surface area contributed by atoms with Gasteiger partial charge in [-0.2, -0.15) is 0 Å². The fourth-order valence-electron chi connectivity index (χ4n) is 5.54. The minimum Gasteiger partial charge on any atom is -0.213 e. The van der Waals surface area contributed by atoms with Gasteiger partial charge in [-0.15, -0.1) is 0 Å². The Hall–Kier alpha value is 2.00. The van der Waals surface area contributed by atoms with Gasteiger partial charge in [0.2, 0.25) is 0 Å². The summed E-state index contributed by atoms with van der Waals surface area (Å²) in [5.41, 5.74) is 0. The molecule has 0 atom stereocenters. The van der Waals surface area contributed by atoms with Crippen molar-refractivity contribution in [2.75, 3.05) is 0 Å². The van der Waals surface area contributed by atoms with Gasteiger partial charge >= 0.3 is 0 Å². The highest BCUT2D eigenvalue weighted by Gasteiger charge is 2.84. The average Bonchev–Trinajstić information content (AvgIpc) is 2.26. The summed E-state index contributed by atoms with van der Waals surface area (Å²) >= 11 is 0. The highest BCUT2D eigenvalue weighted by molar-refractivity contribution is 8.81. The fraction of sp³-hybridized carbons (Fsp3) is 1.00. The molecule has 2 aliphatic rings. The molecule has 0 aromatic carbocycles. The molecule has 0 unspecified atom stereocenters. The molecule has 0 amide bonds. The molecule has 0 aromatic heterocycles. The van der Waals surface area contributed by atoms with Gasteiger partial charge in [-0.05, 0) is 0 Å². The number of rotatable bonds is 0. The highest BCUT2D eigenvalue weighted by atomic mass is 32.6. The van der Waals surface area contributed by atoms with E-state index in [4.69, 9.17) is 0 Å². The standard InChI is InChI=1S/C10H30S2Si6/c1-13(2)11-14(3,4)18(10)16(7,8)12-15(5,6)17(13,18)9/h1-10H3. The van der Waals surface area contributed by atoms with Crippen LogP contribution >= 0.6 is 21.3 Å². The van der Waals surface area contributed by atoms with Crippen molar-refractivity contribution in [1.82, 2.24) is 0 Å². The summed E-state index contributed by atoms with van der Waals surface area (Å²) in [6.45, 7) is 22.5. The van der Waals surface area contributed by atoms with Crippen LogP contribution in [-0.2, 0) is 0 Å². The van der Waals surface area contributed by atoms with Crippen LogP contribution in [0.4, 0.5) is 0 Å². The van der Waals surface area contributed by atoms with Gasteiger partial charge in [0, 0.05) is 0 Å². The molecule has 0 bridgehead atoms. The van der Waals surface area contributed by atoms with Crippen LogP contribution in [-0.4, -0.2) is 40.2 Å². The van der Waals surface area contributed by atoms with Crippen molar-refractivity contribution in [3.8, 4) is 0 Å². The molecule has 0 nitrogen and oxygen atoms in total. The zero-order valence-corrected chi connectivity index (χ0v) is 21.4. The molecule has 2 rings (SSSR count). The van der Waals surface area contributed by atoms with Crippen molar-refractivity contribution in [1.29, 1.82) is 0 Å². The summed E-state index contributed by atoms with van der Waals surface area (Å²) in [6, 6.07) is 0. The van der Waals surface area contributed by atoms with Crippen LogP contribution in [0.3, 0.4) is 0 Å². The zero-order chi connectivity index (χ0) is 14.4. The second kappa shape index (κ2) is 3.85. The van der Waals surface area contributed by atoms with E-state index in [1.165, 1.54) is 0 Å². The van der Waals surface area contributed by atoms with E-state index in [1.807, 2.05) is 0 Å².